The zero-order chi connectivity index (χ0) is 58.4. The molecule has 0 radical (unpaired) electrons. The molecule has 3 aromatic heterocycles. The molecule has 21 nitrogen and oxygen atoms in total. The Balaban J connectivity index is 0.000000318. The third-order valence-corrected chi connectivity index (χ3v) is 12.4. The Hall–Kier alpha value is -8.32. The SMILES string of the molecule is CCC(COS(=O)(=O)c1ccc(C)cc1)OS(=O)(=O)C(F)(F)F.CCOC(=O)c1cc(=O)c2c(OCC([18F])COc3cccc4oc(CC)cc(=O)c34)cccc2o1.CCc1cc(=O)c2c(O)cccc2o1.O=C=O.O=C=O. The third-order valence-electron chi connectivity index (χ3n) is 10.0. The number of esters is 1. The quantitative estimate of drug-likeness (QED) is 0.0395. The van der Waals surface area contributed by atoms with Crippen LogP contribution in [-0.2, 0) is 65.4 Å². The number of carbonyl (C=O) groups excluding carboxylic acids is 5. The molecule has 27 heteroatoms. The predicted molar refractivity (Wildman–Crippen MR) is 264 cm³/mol. The van der Waals surface area contributed by atoms with Crippen molar-refractivity contribution in [1.82, 2.24) is 0 Å². The summed E-state index contributed by atoms with van der Waals surface area (Å²) in [5.41, 5.74) is -4.86. The minimum atomic E-state index is -5.82. The molecular formula is C51H48F4O21S2. The molecule has 0 bridgehead atoms. The molecule has 2 unspecified atom stereocenters. The number of phenolic OH excluding ortho intramolecular Hbond substituents is 1. The van der Waals surface area contributed by atoms with Gasteiger partial charge in [0, 0.05) is 31.0 Å². The van der Waals surface area contributed by atoms with Gasteiger partial charge in [0.2, 0.25) is 5.76 Å². The lowest BCUT2D eigenvalue weighted by Gasteiger charge is -2.17. The lowest BCUT2D eigenvalue weighted by molar-refractivity contribution is -0.193. The Morgan fingerprint density at radius 1 is 0.654 bits per heavy atom. The number of alkyl halides is 4. The van der Waals surface area contributed by atoms with E-state index in [9.17, 15) is 58.7 Å². The van der Waals surface area contributed by atoms with E-state index in [1.54, 1.807) is 50.2 Å². The van der Waals surface area contributed by atoms with Gasteiger partial charge in [-0.3, -0.25) is 22.7 Å². The lowest BCUT2D eigenvalue weighted by atomic mass is 10.2. The number of aryl methyl sites for hydroxylation is 3. The van der Waals surface area contributed by atoms with E-state index in [1.807, 2.05) is 13.8 Å². The van der Waals surface area contributed by atoms with E-state index in [4.69, 9.17) is 46.6 Å². The van der Waals surface area contributed by atoms with Gasteiger partial charge in [0.15, 0.2) is 22.5 Å². The first kappa shape index (κ1) is 64.0. The summed E-state index contributed by atoms with van der Waals surface area (Å²) in [6, 6.07) is 23.6. The number of hydrogen-bond acceptors (Lipinski definition) is 21. The van der Waals surface area contributed by atoms with E-state index in [-0.39, 0.29) is 92.4 Å². The van der Waals surface area contributed by atoms with Gasteiger partial charge >= 0.3 is 33.9 Å². The molecule has 7 aromatic rings. The number of benzene rings is 4. The number of aromatic hydroxyl groups is 1. The summed E-state index contributed by atoms with van der Waals surface area (Å²) in [5, 5.41) is 10.0. The van der Waals surface area contributed by atoms with Crippen molar-refractivity contribution in [2.75, 3.05) is 26.4 Å². The van der Waals surface area contributed by atoms with Crippen LogP contribution >= 0.6 is 0 Å². The van der Waals surface area contributed by atoms with Crippen LogP contribution in [0.15, 0.2) is 130 Å². The van der Waals surface area contributed by atoms with Crippen molar-refractivity contribution >= 4 is 71.4 Å². The maximum Gasteiger partial charge on any atom is 0.523 e. The first-order chi connectivity index (χ1) is 36.8. The fourth-order valence-electron chi connectivity index (χ4n) is 6.33. The van der Waals surface area contributed by atoms with Crippen LogP contribution in [0.25, 0.3) is 32.9 Å². The molecule has 0 spiro atoms. The van der Waals surface area contributed by atoms with Crippen LogP contribution in [0.5, 0.6) is 17.2 Å². The first-order valence-corrected chi connectivity index (χ1v) is 25.5. The highest BCUT2D eigenvalue weighted by atomic mass is 32.2. The highest BCUT2D eigenvalue weighted by molar-refractivity contribution is 7.87. The van der Waals surface area contributed by atoms with Gasteiger partial charge in [-0.1, -0.05) is 56.7 Å². The van der Waals surface area contributed by atoms with Gasteiger partial charge in [-0.2, -0.15) is 49.2 Å². The van der Waals surface area contributed by atoms with Crippen LogP contribution in [0.1, 0.15) is 61.8 Å². The molecule has 78 heavy (non-hydrogen) atoms. The maximum absolute atomic E-state index is 14.6. The molecule has 0 aliphatic rings. The summed E-state index contributed by atoms with van der Waals surface area (Å²) in [7, 11) is -10.1. The van der Waals surface area contributed by atoms with E-state index in [1.165, 1.54) is 61.5 Å². The van der Waals surface area contributed by atoms with Gasteiger partial charge in [0.25, 0.3) is 10.1 Å². The smallest absolute Gasteiger partial charge is 0.507 e. The van der Waals surface area contributed by atoms with Gasteiger partial charge in [-0.25, -0.2) is 9.18 Å². The van der Waals surface area contributed by atoms with Crippen molar-refractivity contribution in [3.63, 3.8) is 0 Å². The Labute approximate surface area is 440 Å². The Morgan fingerprint density at radius 3 is 1.56 bits per heavy atom. The van der Waals surface area contributed by atoms with E-state index < -0.39 is 62.6 Å². The van der Waals surface area contributed by atoms with Gasteiger partial charge in [0.1, 0.15) is 81.0 Å². The zero-order valence-electron chi connectivity index (χ0n) is 41.8. The largest absolute Gasteiger partial charge is 0.523 e. The fraction of sp³-hybridized carbons (Fsp3) is 0.294. The highest BCUT2D eigenvalue weighted by Crippen LogP contribution is 2.28. The summed E-state index contributed by atoms with van der Waals surface area (Å²) < 4.78 is 138. The summed E-state index contributed by atoms with van der Waals surface area (Å²) in [4.78, 5) is 80.8. The number of carbonyl (C=O) groups is 1. The third kappa shape index (κ3) is 18.2. The van der Waals surface area contributed by atoms with Gasteiger partial charge in [-0.05, 0) is 68.8 Å². The van der Waals surface area contributed by atoms with Crippen molar-refractivity contribution in [2.45, 2.75) is 76.6 Å². The van der Waals surface area contributed by atoms with E-state index >= 15 is 0 Å². The van der Waals surface area contributed by atoms with Crippen molar-refractivity contribution in [1.29, 1.82) is 0 Å². The second-order valence-electron chi connectivity index (χ2n) is 15.4. The normalized spacial score (nSPS) is 11.8. The van der Waals surface area contributed by atoms with Crippen LogP contribution in [0.2, 0.25) is 0 Å². The number of halogens is 4. The molecule has 0 saturated carbocycles. The molecule has 0 saturated heterocycles. The van der Waals surface area contributed by atoms with E-state index in [2.05, 4.69) is 8.37 Å². The van der Waals surface area contributed by atoms with Gasteiger partial charge < -0.3 is 32.6 Å². The minimum absolute atomic E-state index is 0.0288. The molecule has 0 aliphatic carbocycles. The molecule has 0 fully saturated rings. The second kappa shape index (κ2) is 29.8. The van der Waals surface area contributed by atoms with Crippen LogP contribution in [-0.4, -0.2) is 84.4 Å². The van der Waals surface area contributed by atoms with Crippen molar-refractivity contribution < 1.29 is 99.3 Å². The molecule has 0 aliphatic heterocycles. The maximum atomic E-state index is 14.6. The summed E-state index contributed by atoms with van der Waals surface area (Å²) in [6.07, 6.45) is -1.62. The predicted octanol–water partition coefficient (Wildman–Crippen LogP) is 7.67. The van der Waals surface area contributed by atoms with Crippen LogP contribution in [0.4, 0.5) is 17.6 Å². The number of phenols is 1. The number of fused-ring (bicyclic) bond motifs is 3. The molecule has 7 rings (SSSR count). The topological polar surface area (TPSA) is 311 Å². The van der Waals surface area contributed by atoms with E-state index in [0.717, 1.165) is 11.6 Å². The molecule has 0 amide bonds. The minimum Gasteiger partial charge on any atom is -0.507 e. The van der Waals surface area contributed by atoms with Gasteiger partial charge in [0.05, 0.1) is 18.1 Å². The van der Waals surface area contributed by atoms with Crippen LogP contribution < -0.4 is 25.8 Å². The number of ether oxygens (including phenoxy) is 3. The van der Waals surface area contributed by atoms with E-state index in [0.29, 0.717) is 35.5 Å². The first-order valence-electron chi connectivity index (χ1n) is 22.7. The standard InChI is InChI=1S/C26H23FO8.C12H15F3O6S2.C11H10O3.2CO2/c1-3-16-11-17(28)24-19(7-5-9-21(24)34-16)32-13-15(27)14-33-20-8-6-10-22-25(20)18(29)12-23(35-22)26(30)31-4-2;1-3-10(21-23(18,19)12(13,14)15)8-20-22(16,17)11-6-4-9(2)5-7-11;1-2-7-6-9(13)11-8(12)4-3-5-10(11)14-7;2*2-1-3/h5-12,15H,3-4,13-14H2,1-2H3;4-7,10H,3,8H2,1-2H3;3-6,12H,2H2,1H3;;/i27-1;;;;. The average molecular weight is 1140 g/mol. The average Bonchev–Trinajstić information content (AvgIpc) is 3.39. The molecule has 418 valence electrons. The molecular weight excluding hydrogens is 1090 g/mol. The van der Waals surface area contributed by atoms with Crippen LogP contribution in [0, 0.1) is 6.92 Å². The Bertz CT molecular complexity index is 3620. The van der Waals surface area contributed by atoms with Crippen molar-refractivity contribution in [2.24, 2.45) is 0 Å². The summed E-state index contributed by atoms with van der Waals surface area (Å²) >= 11 is 0. The zero-order valence-corrected chi connectivity index (χ0v) is 43.4. The Kier molecular flexibility index (Phi) is 24.5. The van der Waals surface area contributed by atoms with Crippen LogP contribution in [0.3, 0.4) is 0 Å². The highest BCUT2D eigenvalue weighted by Gasteiger charge is 2.48. The summed E-state index contributed by atoms with van der Waals surface area (Å²) in [5.74, 6) is 0.472. The molecule has 4 aromatic carbocycles. The van der Waals surface area contributed by atoms with Crippen molar-refractivity contribution in [3.05, 3.63) is 151 Å². The summed E-state index contributed by atoms with van der Waals surface area (Å²) in [6.45, 7) is 6.95. The van der Waals surface area contributed by atoms with Gasteiger partial charge in [-0.15, -0.1) is 0 Å². The Morgan fingerprint density at radius 2 is 1.10 bits per heavy atom. The number of rotatable bonds is 17. The lowest BCUT2D eigenvalue weighted by Crippen LogP contribution is -2.32. The molecule has 1 N–H and O–H groups in total. The monoisotopic (exact) mass is 1140 g/mol. The molecule has 3 heterocycles. The second-order valence-corrected chi connectivity index (χ2v) is 18.6. The molecule has 2 atom stereocenters. The fourth-order valence-corrected chi connectivity index (χ4v) is 7.93. The number of hydrogen-bond donors (Lipinski definition) is 1. The van der Waals surface area contributed by atoms with Crippen molar-refractivity contribution in [3.8, 4) is 17.2 Å².